The number of aromatic nitrogens is 1. The second-order valence-electron chi connectivity index (χ2n) is 4.18. The molecule has 1 N–H and O–H groups in total. The zero-order valence-electron chi connectivity index (χ0n) is 12.5. The van der Waals surface area contributed by atoms with Gasteiger partial charge in [0.15, 0.2) is 0 Å². The third kappa shape index (κ3) is 4.33. The molecule has 0 saturated carbocycles. The van der Waals surface area contributed by atoms with Crippen molar-refractivity contribution in [2.75, 3.05) is 14.2 Å². The topological polar surface area (TPSA) is 62.9 Å². The van der Waals surface area contributed by atoms with E-state index in [0.29, 0.717) is 11.3 Å². The Labute approximate surface area is 155 Å². The summed E-state index contributed by atoms with van der Waals surface area (Å²) in [6.45, 7) is 0. The number of benzene rings is 2. The van der Waals surface area contributed by atoms with Gasteiger partial charge in [0.1, 0.15) is 11.8 Å². The summed E-state index contributed by atoms with van der Waals surface area (Å²) in [5.41, 5.74) is 2.27. The summed E-state index contributed by atoms with van der Waals surface area (Å²) in [5, 5.41) is 13.9. The fourth-order valence-corrected chi connectivity index (χ4v) is 1.92. The van der Waals surface area contributed by atoms with Crippen molar-refractivity contribution in [1.29, 1.82) is 5.26 Å². The second-order valence-corrected chi connectivity index (χ2v) is 4.18. The number of methoxy groups -OCH3 is 1. The molecule has 0 bridgehead atoms. The molecule has 0 aliphatic rings. The van der Waals surface area contributed by atoms with Gasteiger partial charge in [0.05, 0.1) is 12.7 Å². The summed E-state index contributed by atoms with van der Waals surface area (Å²) in [5.74, 6) is 0.708. The number of ether oxygens (including phenoxy) is 1. The Kier molecular flexibility index (Phi) is 7.66. The predicted octanol–water partition coefficient (Wildman–Crippen LogP) is 4.17. The van der Waals surface area contributed by atoms with Crippen molar-refractivity contribution in [1.82, 2.24) is 4.98 Å². The fraction of sp³-hybridized carbons (Fsp3) is 0.118. The van der Waals surface area contributed by atoms with Gasteiger partial charge in [0.25, 0.3) is 0 Å². The number of fused-ring (bicyclic) bond motifs is 1. The van der Waals surface area contributed by atoms with Crippen molar-refractivity contribution in [2.24, 2.45) is 0 Å². The van der Waals surface area contributed by atoms with Crippen LogP contribution in [0.25, 0.3) is 16.2 Å². The van der Waals surface area contributed by atoms with Gasteiger partial charge in [0.2, 0.25) is 0 Å². The summed E-state index contributed by atoms with van der Waals surface area (Å²) >= 11 is 0. The van der Waals surface area contributed by atoms with E-state index in [1.165, 1.54) is 0 Å². The number of nitriles is 1. The van der Waals surface area contributed by atoms with Crippen LogP contribution in [0.3, 0.4) is 0 Å². The largest absolute Gasteiger partial charge is 0.685 e. The first-order valence-corrected chi connectivity index (χ1v) is 6.40. The Morgan fingerprint density at radius 2 is 1.95 bits per heavy atom. The third-order valence-corrected chi connectivity index (χ3v) is 2.95. The Morgan fingerprint density at radius 3 is 2.41 bits per heavy atom. The van der Waals surface area contributed by atoms with Crippen molar-refractivity contribution in [3.05, 3.63) is 65.6 Å². The molecule has 1 aromatic heterocycles. The van der Waals surface area contributed by atoms with Gasteiger partial charge in [-0.05, 0) is 12.1 Å². The summed E-state index contributed by atoms with van der Waals surface area (Å²) in [7, 11) is 3.31. The maximum absolute atomic E-state index is 8.91. The van der Waals surface area contributed by atoms with E-state index >= 15 is 0 Å². The summed E-state index contributed by atoms with van der Waals surface area (Å²) in [4.78, 5) is 3.04. The van der Waals surface area contributed by atoms with E-state index < -0.39 is 0 Å². The van der Waals surface area contributed by atoms with E-state index in [-0.39, 0.29) is 32.7 Å². The number of hydrogen-bond donors (Lipinski definition) is 1. The number of nitrogens with one attached hydrogen (secondary N) is 1. The molecule has 3 aromatic rings. The molecule has 109 valence electrons. The van der Waals surface area contributed by atoms with Crippen molar-refractivity contribution in [3.63, 3.8) is 0 Å². The molecule has 3 rings (SSSR count). The molecule has 4 nitrogen and oxygen atoms in total. The van der Waals surface area contributed by atoms with Crippen LogP contribution in [0.4, 0.5) is 5.69 Å². The first-order chi connectivity index (χ1) is 10.3. The monoisotopic (exact) mass is 366 g/mol. The van der Waals surface area contributed by atoms with Crippen molar-refractivity contribution in [3.8, 4) is 11.8 Å². The number of nitrogens with zero attached hydrogens (tertiary/aromatic N) is 2. The van der Waals surface area contributed by atoms with Crippen LogP contribution in [0.1, 0.15) is 5.56 Å². The van der Waals surface area contributed by atoms with Gasteiger partial charge in [-0.25, -0.2) is 0 Å². The van der Waals surface area contributed by atoms with Crippen molar-refractivity contribution >= 4 is 16.6 Å². The maximum Gasteiger partial charge on any atom is 0.118 e. The Morgan fingerprint density at radius 1 is 1.23 bits per heavy atom. The van der Waals surface area contributed by atoms with Crippen molar-refractivity contribution < 1.29 is 37.4 Å². The van der Waals surface area contributed by atoms with Crippen LogP contribution < -0.4 is 4.74 Å². The Hall–Kier alpha value is -1.83. The second kappa shape index (κ2) is 9.24. The van der Waals surface area contributed by atoms with Crippen LogP contribution in [-0.4, -0.2) is 19.1 Å². The van der Waals surface area contributed by atoms with E-state index in [4.69, 9.17) is 10.00 Å². The van der Waals surface area contributed by atoms with Gasteiger partial charge < -0.3 is 15.0 Å². The number of rotatable bonds is 2. The van der Waals surface area contributed by atoms with Gasteiger partial charge in [-0.1, -0.05) is 0 Å². The molecule has 1 radical (unpaired) electrons. The fourth-order valence-electron chi connectivity index (χ4n) is 1.92. The molecule has 1 heterocycles. The molecule has 0 spiro atoms. The number of H-pyrrole nitrogens is 1. The SMILES string of the molecule is C[N-]c1cc(OC)cc2c(C#N)c[nH]c12.[Y].[c-]1ccccc1. The van der Waals surface area contributed by atoms with Gasteiger partial charge in [-0.15, -0.1) is 12.7 Å². The molecule has 0 aliphatic heterocycles. The molecule has 0 atom stereocenters. The minimum atomic E-state index is 0. The van der Waals surface area contributed by atoms with Crippen LogP contribution in [0.5, 0.6) is 5.75 Å². The summed E-state index contributed by atoms with van der Waals surface area (Å²) in [6.07, 6.45) is 1.68. The molecule has 0 unspecified atom stereocenters. The predicted molar refractivity (Wildman–Crippen MR) is 83.8 cm³/mol. The molecule has 0 amide bonds. The average Bonchev–Trinajstić information content (AvgIpc) is 2.99. The standard InChI is InChI=1S/C11H10N3O.C6H5.Y/c1-13-10-4-8(15-2)3-9-7(5-12)6-14-11(9)10;1-2-4-6-5-3-1;/h3-4,6,14H,1-2H3;1-5H;/q2*-1;. The average molecular weight is 366 g/mol. The zero-order chi connectivity index (χ0) is 15.1. The van der Waals surface area contributed by atoms with Crippen LogP contribution >= 0.6 is 0 Å². The minimum absolute atomic E-state index is 0. The molecule has 22 heavy (non-hydrogen) atoms. The summed E-state index contributed by atoms with van der Waals surface area (Å²) in [6, 6.07) is 18.3. The molecule has 2 aromatic carbocycles. The van der Waals surface area contributed by atoms with E-state index in [2.05, 4.69) is 22.4 Å². The van der Waals surface area contributed by atoms with Crippen LogP contribution in [0.2, 0.25) is 0 Å². The van der Waals surface area contributed by atoms with Gasteiger partial charge in [-0.3, -0.25) is 0 Å². The number of hydrogen-bond acceptors (Lipinski definition) is 2. The van der Waals surface area contributed by atoms with E-state index in [1.807, 2.05) is 42.5 Å². The Bertz CT molecular complexity index is 721. The van der Waals surface area contributed by atoms with E-state index in [9.17, 15) is 0 Å². The van der Waals surface area contributed by atoms with Crippen LogP contribution in [0.15, 0.2) is 48.7 Å². The molecule has 0 fully saturated rings. The number of aromatic amines is 1. The van der Waals surface area contributed by atoms with Gasteiger partial charge >= 0.3 is 0 Å². The summed E-state index contributed by atoms with van der Waals surface area (Å²) < 4.78 is 5.15. The van der Waals surface area contributed by atoms with Gasteiger partial charge in [-0.2, -0.15) is 41.7 Å². The van der Waals surface area contributed by atoms with Crippen molar-refractivity contribution in [2.45, 2.75) is 0 Å². The van der Waals surface area contributed by atoms with Gasteiger partial charge in [0, 0.05) is 49.8 Å². The normalized spacial score (nSPS) is 8.95. The van der Waals surface area contributed by atoms with Crippen LogP contribution in [0, 0.1) is 17.4 Å². The van der Waals surface area contributed by atoms with Crippen LogP contribution in [-0.2, 0) is 32.7 Å². The maximum atomic E-state index is 8.91. The minimum Gasteiger partial charge on any atom is -0.685 e. The molecule has 5 heteroatoms. The van der Waals surface area contributed by atoms with E-state index in [0.717, 1.165) is 16.6 Å². The zero-order valence-corrected chi connectivity index (χ0v) is 15.3. The first kappa shape index (κ1) is 18.2. The molecular formula is C17H15N3OY-2. The Balaban J connectivity index is 0.000000293. The molecule has 0 aliphatic carbocycles. The van der Waals surface area contributed by atoms with E-state index in [1.54, 1.807) is 20.4 Å². The third-order valence-electron chi connectivity index (χ3n) is 2.95. The smallest absolute Gasteiger partial charge is 0.118 e. The first-order valence-electron chi connectivity index (χ1n) is 6.40. The molecular weight excluding hydrogens is 351 g/mol. The molecule has 0 saturated heterocycles. The quantitative estimate of drug-likeness (QED) is 0.692.